The van der Waals surface area contributed by atoms with Gasteiger partial charge in [-0.3, -0.25) is 4.98 Å². The largest absolute Gasteiger partial charge is 0.492 e. The van der Waals surface area contributed by atoms with Crippen LogP contribution in [-0.4, -0.2) is 17.6 Å². The predicted octanol–water partition coefficient (Wildman–Crippen LogP) is 5.25. The molecule has 1 N–H and O–H groups in total. The summed E-state index contributed by atoms with van der Waals surface area (Å²) in [6.45, 7) is 5.22. The molecule has 1 fully saturated rings. The van der Waals surface area contributed by atoms with E-state index in [0.717, 1.165) is 30.4 Å². The van der Waals surface area contributed by atoms with E-state index in [1.54, 1.807) is 6.20 Å². The van der Waals surface area contributed by atoms with Crippen molar-refractivity contribution in [2.45, 2.75) is 51.5 Å². The third-order valence-electron chi connectivity index (χ3n) is 4.77. The molecule has 1 saturated carbocycles. The summed E-state index contributed by atoms with van der Waals surface area (Å²) in [5.41, 5.74) is 2.53. The molecule has 1 aromatic heterocycles. The SMILES string of the molecule is CCCOc1cncc(NC2CC(C)CC(c3ccccc3)C2)c1. The molecule has 0 radical (unpaired) electrons. The standard InChI is InChI=1S/C21H28N2O/c1-3-9-24-21-13-20(14-22-15-21)23-19-11-16(2)10-18(12-19)17-7-5-4-6-8-17/h4-8,13-16,18-19,23H,3,9-12H2,1-2H3. The molecule has 0 bridgehead atoms. The molecule has 2 aromatic rings. The van der Waals surface area contributed by atoms with Gasteiger partial charge in [0.05, 0.1) is 24.7 Å². The summed E-state index contributed by atoms with van der Waals surface area (Å²) in [6, 6.07) is 13.5. The van der Waals surface area contributed by atoms with Gasteiger partial charge in [-0.05, 0) is 43.1 Å². The van der Waals surface area contributed by atoms with Gasteiger partial charge in [0.15, 0.2) is 0 Å². The Morgan fingerprint density at radius 1 is 1.12 bits per heavy atom. The van der Waals surface area contributed by atoms with Gasteiger partial charge in [-0.1, -0.05) is 44.2 Å². The average molecular weight is 324 g/mol. The molecular formula is C21H28N2O. The zero-order chi connectivity index (χ0) is 16.8. The lowest BCUT2D eigenvalue weighted by Crippen LogP contribution is -2.30. The topological polar surface area (TPSA) is 34.1 Å². The van der Waals surface area contributed by atoms with Crippen molar-refractivity contribution in [1.29, 1.82) is 0 Å². The van der Waals surface area contributed by atoms with Gasteiger partial charge in [0, 0.05) is 12.1 Å². The van der Waals surface area contributed by atoms with Crippen LogP contribution in [0.15, 0.2) is 48.8 Å². The lowest BCUT2D eigenvalue weighted by atomic mass is 9.76. The fourth-order valence-electron chi connectivity index (χ4n) is 3.75. The molecule has 1 aliphatic carbocycles. The van der Waals surface area contributed by atoms with Crippen LogP contribution in [-0.2, 0) is 0 Å². The maximum absolute atomic E-state index is 5.69. The summed E-state index contributed by atoms with van der Waals surface area (Å²) in [4.78, 5) is 4.31. The van der Waals surface area contributed by atoms with Crippen molar-refractivity contribution in [3.8, 4) is 5.75 Å². The van der Waals surface area contributed by atoms with Crippen molar-refractivity contribution in [1.82, 2.24) is 4.98 Å². The molecule has 0 spiro atoms. The summed E-state index contributed by atoms with van der Waals surface area (Å²) < 4.78 is 5.69. The summed E-state index contributed by atoms with van der Waals surface area (Å²) in [7, 11) is 0. The smallest absolute Gasteiger partial charge is 0.139 e. The second-order valence-corrected chi connectivity index (χ2v) is 7.02. The first-order chi connectivity index (χ1) is 11.7. The van der Waals surface area contributed by atoms with Crippen molar-refractivity contribution in [2.24, 2.45) is 5.92 Å². The summed E-state index contributed by atoms with van der Waals surface area (Å²) in [5.74, 6) is 2.22. The minimum atomic E-state index is 0.488. The third-order valence-corrected chi connectivity index (χ3v) is 4.77. The number of hydrogen-bond donors (Lipinski definition) is 1. The van der Waals surface area contributed by atoms with Crippen LogP contribution >= 0.6 is 0 Å². The van der Waals surface area contributed by atoms with Crippen LogP contribution in [0.1, 0.15) is 51.0 Å². The first-order valence-electron chi connectivity index (χ1n) is 9.14. The molecule has 1 aromatic carbocycles. The molecule has 3 atom stereocenters. The highest BCUT2D eigenvalue weighted by Gasteiger charge is 2.27. The molecule has 24 heavy (non-hydrogen) atoms. The molecule has 3 nitrogen and oxygen atoms in total. The van der Waals surface area contributed by atoms with E-state index < -0.39 is 0 Å². The summed E-state index contributed by atoms with van der Waals surface area (Å²) >= 11 is 0. The monoisotopic (exact) mass is 324 g/mol. The molecule has 1 aliphatic rings. The zero-order valence-electron chi connectivity index (χ0n) is 14.7. The Bertz CT molecular complexity index is 629. The van der Waals surface area contributed by atoms with Gasteiger partial charge >= 0.3 is 0 Å². The number of anilines is 1. The Hall–Kier alpha value is -2.03. The Labute approximate surface area is 145 Å². The van der Waals surface area contributed by atoms with Gasteiger partial charge < -0.3 is 10.1 Å². The van der Waals surface area contributed by atoms with Gasteiger partial charge in [-0.15, -0.1) is 0 Å². The zero-order valence-corrected chi connectivity index (χ0v) is 14.7. The second kappa shape index (κ2) is 8.18. The molecule has 128 valence electrons. The molecule has 0 amide bonds. The number of aromatic nitrogens is 1. The lowest BCUT2D eigenvalue weighted by Gasteiger charge is -2.34. The highest BCUT2D eigenvalue weighted by molar-refractivity contribution is 5.46. The second-order valence-electron chi connectivity index (χ2n) is 7.02. The third kappa shape index (κ3) is 4.50. The normalized spacial score (nSPS) is 23.7. The minimum Gasteiger partial charge on any atom is -0.492 e. The van der Waals surface area contributed by atoms with Crippen LogP contribution in [0, 0.1) is 5.92 Å². The minimum absolute atomic E-state index is 0.488. The fourth-order valence-corrected chi connectivity index (χ4v) is 3.75. The first-order valence-corrected chi connectivity index (χ1v) is 9.14. The number of nitrogens with zero attached hydrogens (tertiary/aromatic N) is 1. The molecule has 0 aliphatic heterocycles. The van der Waals surface area contributed by atoms with Gasteiger partial charge in [-0.25, -0.2) is 0 Å². The molecule has 3 heteroatoms. The molecule has 1 heterocycles. The number of nitrogens with one attached hydrogen (secondary N) is 1. The quantitative estimate of drug-likeness (QED) is 0.787. The Morgan fingerprint density at radius 2 is 1.96 bits per heavy atom. The van der Waals surface area contributed by atoms with Crippen LogP contribution in [0.5, 0.6) is 5.75 Å². The van der Waals surface area contributed by atoms with E-state index >= 15 is 0 Å². The van der Waals surface area contributed by atoms with E-state index in [1.807, 2.05) is 6.20 Å². The van der Waals surface area contributed by atoms with Crippen LogP contribution in [0.2, 0.25) is 0 Å². The van der Waals surface area contributed by atoms with E-state index in [1.165, 1.54) is 24.8 Å². The summed E-state index contributed by atoms with van der Waals surface area (Å²) in [5, 5.41) is 3.69. The number of ether oxygens (including phenoxy) is 1. The number of rotatable bonds is 6. The molecule has 3 rings (SSSR count). The van der Waals surface area contributed by atoms with E-state index in [4.69, 9.17) is 4.74 Å². The highest BCUT2D eigenvalue weighted by Crippen LogP contribution is 2.37. The number of hydrogen-bond acceptors (Lipinski definition) is 3. The van der Waals surface area contributed by atoms with Crippen molar-refractivity contribution in [2.75, 3.05) is 11.9 Å². The van der Waals surface area contributed by atoms with Gasteiger partial charge in [0.25, 0.3) is 0 Å². The van der Waals surface area contributed by atoms with Gasteiger partial charge in [0.1, 0.15) is 5.75 Å². The van der Waals surface area contributed by atoms with E-state index in [-0.39, 0.29) is 0 Å². The van der Waals surface area contributed by atoms with Crippen LogP contribution in [0.4, 0.5) is 5.69 Å². The van der Waals surface area contributed by atoms with Crippen LogP contribution in [0.3, 0.4) is 0 Å². The van der Waals surface area contributed by atoms with Crippen LogP contribution < -0.4 is 10.1 Å². The molecule has 0 saturated heterocycles. The van der Waals surface area contributed by atoms with Crippen molar-refractivity contribution < 1.29 is 4.74 Å². The highest BCUT2D eigenvalue weighted by atomic mass is 16.5. The van der Waals surface area contributed by atoms with Crippen molar-refractivity contribution >= 4 is 5.69 Å². The number of benzene rings is 1. The average Bonchev–Trinajstić information content (AvgIpc) is 2.60. The number of pyridine rings is 1. The first kappa shape index (κ1) is 16.8. The fraction of sp³-hybridized carbons (Fsp3) is 0.476. The molecular weight excluding hydrogens is 296 g/mol. The van der Waals surface area contributed by atoms with Crippen LogP contribution in [0.25, 0.3) is 0 Å². The Balaban J connectivity index is 1.66. The molecule has 3 unspecified atom stereocenters. The van der Waals surface area contributed by atoms with E-state index in [2.05, 4.69) is 60.5 Å². The maximum Gasteiger partial charge on any atom is 0.139 e. The summed E-state index contributed by atoms with van der Waals surface area (Å²) in [6.07, 6.45) is 8.36. The van der Waals surface area contributed by atoms with E-state index in [0.29, 0.717) is 12.0 Å². The Morgan fingerprint density at radius 3 is 2.75 bits per heavy atom. The van der Waals surface area contributed by atoms with Gasteiger partial charge in [0.2, 0.25) is 0 Å². The van der Waals surface area contributed by atoms with E-state index in [9.17, 15) is 0 Å². The van der Waals surface area contributed by atoms with Gasteiger partial charge in [-0.2, -0.15) is 0 Å². The van der Waals surface area contributed by atoms with Crippen molar-refractivity contribution in [3.63, 3.8) is 0 Å². The Kier molecular flexibility index (Phi) is 5.73. The lowest BCUT2D eigenvalue weighted by molar-refractivity contribution is 0.315. The maximum atomic E-state index is 5.69. The predicted molar refractivity (Wildman–Crippen MR) is 99.6 cm³/mol. The van der Waals surface area contributed by atoms with Crippen molar-refractivity contribution in [3.05, 3.63) is 54.4 Å².